The molecule has 1 atom stereocenters. The molecule has 2 aromatic rings. The van der Waals surface area contributed by atoms with Gasteiger partial charge in [-0.15, -0.1) is 11.3 Å². The van der Waals surface area contributed by atoms with Gasteiger partial charge in [0.05, 0.1) is 6.04 Å². The van der Waals surface area contributed by atoms with Crippen LogP contribution in [0.1, 0.15) is 64.6 Å². The minimum atomic E-state index is 0.290. The zero-order valence-electron chi connectivity index (χ0n) is 13.3. The Morgan fingerprint density at radius 1 is 1.24 bits per heavy atom. The molecule has 0 spiro atoms. The van der Waals surface area contributed by atoms with Gasteiger partial charge in [0, 0.05) is 15.3 Å². The fourth-order valence-electron chi connectivity index (χ4n) is 3.25. The Morgan fingerprint density at radius 2 is 2.05 bits per heavy atom. The quantitative estimate of drug-likeness (QED) is 0.847. The molecule has 1 N–H and O–H groups in total. The van der Waals surface area contributed by atoms with Gasteiger partial charge >= 0.3 is 0 Å². The summed E-state index contributed by atoms with van der Waals surface area (Å²) in [6.45, 7) is 7.37. The minimum Gasteiger partial charge on any atom is -0.466 e. The van der Waals surface area contributed by atoms with Crippen molar-refractivity contribution in [1.29, 1.82) is 0 Å². The summed E-state index contributed by atoms with van der Waals surface area (Å²) in [5, 5.41) is 3.72. The van der Waals surface area contributed by atoms with Crippen molar-refractivity contribution in [3.63, 3.8) is 0 Å². The first-order valence-corrected chi connectivity index (χ1v) is 8.92. The molecule has 0 saturated carbocycles. The Balaban J connectivity index is 1.95. The Morgan fingerprint density at radius 3 is 2.71 bits per heavy atom. The van der Waals surface area contributed by atoms with Crippen molar-refractivity contribution in [1.82, 2.24) is 5.32 Å². The number of hydrogen-bond donors (Lipinski definition) is 1. The maximum Gasteiger partial charge on any atom is 0.106 e. The van der Waals surface area contributed by atoms with Gasteiger partial charge in [-0.1, -0.05) is 6.92 Å². The van der Waals surface area contributed by atoms with Crippen molar-refractivity contribution in [2.75, 3.05) is 6.54 Å². The molecule has 21 heavy (non-hydrogen) atoms. The Hall–Kier alpha value is -1.06. The maximum atomic E-state index is 5.76. The predicted molar refractivity (Wildman–Crippen MR) is 89.3 cm³/mol. The van der Waals surface area contributed by atoms with Crippen molar-refractivity contribution >= 4 is 11.3 Å². The summed E-state index contributed by atoms with van der Waals surface area (Å²) in [5.41, 5.74) is 2.89. The summed E-state index contributed by atoms with van der Waals surface area (Å²) in [6, 6.07) is 4.92. The number of rotatable bonds is 5. The number of furan rings is 1. The van der Waals surface area contributed by atoms with Gasteiger partial charge in [0.15, 0.2) is 0 Å². The van der Waals surface area contributed by atoms with E-state index in [1.807, 2.05) is 18.3 Å². The van der Waals surface area contributed by atoms with Gasteiger partial charge in [0.2, 0.25) is 0 Å². The fourth-order valence-corrected chi connectivity index (χ4v) is 4.60. The number of aryl methyl sites for hydroxylation is 4. The first-order valence-electron chi connectivity index (χ1n) is 8.10. The molecule has 3 rings (SSSR count). The highest BCUT2D eigenvalue weighted by Gasteiger charge is 2.23. The second kappa shape index (κ2) is 6.37. The average Bonchev–Trinajstić information content (AvgIpc) is 3.03. The molecule has 1 aliphatic carbocycles. The zero-order valence-corrected chi connectivity index (χ0v) is 14.1. The van der Waals surface area contributed by atoms with Crippen molar-refractivity contribution in [2.24, 2.45) is 0 Å². The second-order valence-corrected chi connectivity index (χ2v) is 7.23. The minimum absolute atomic E-state index is 0.290. The van der Waals surface area contributed by atoms with Crippen molar-refractivity contribution in [3.8, 4) is 0 Å². The molecule has 2 aromatic heterocycles. The zero-order chi connectivity index (χ0) is 14.8. The van der Waals surface area contributed by atoms with Gasteiger partial charge in [0.25, 0.3) is 0 Å². The lowest BCUT2D eigenvalue weighted by Crippen LogP contribution is -2.22. The third-order valence-corrected chi connectivity index (χ3v) is 5.59. The third kappa shape index (κ3) is 3.09. The molecular formula is C18H25NOS. The molecule has 2 heterocycles. The lowest BCUT2D eigenvalue weighted by Gasteiger charge is -2.16. The molecule has 0 bridgehead atoms. The van der Waals surface area contributed by atoms with Gasteiger partial charge in [-0.05, 0) is 70.2 Å². The molecule has 1 unspecified atom stereocenters. The first kappa shape index (κ1) is 14.9. The van der Waals surface area contributed by atoms with Crippen LogP contribution >= 0.6 is 11.3 Å². The maximum absolute atomic E-state index is 5.76. The van der Waals surface area contributed by atoms with Crippen LogP contribution in [0.5, 0.6) is 0 Å². The van der Waals surface area contributed by atoms with Gasteiger partial charge < -0.3 is 9.73 Å². The summed E-state index contributed by atoms with van der Waals surface area (Å²) in [6.07, 6.45) is 6.38. The second-order valence-electron chi connectivity index (χ2n) is 6.06. The van der Waals surface area contributed by atoms with Crippen LogP contribution in [-0.4, -0.2) is 6.54 Å². The Labute approximate surface area is 131 Å². The van der Waals surface area contributed by atoms with E-state index in [0.717, 1.165) is 24.5 Å². The van der Waals surface area contributed by atoms with E-state index >= 15 is 0 Å². The molecule has 0 amide bonds. The monoisotopic (exact) mass is 303 g/mol. The fraction of sp³-hybridized carbons (Fsp3) is 0.556. The SMILES string of the molecule is CCCNC(c1cc2c(s1)CCCC2)c1cc(C)oc1C. The molecule has 0 fully saturated rings. The van der Waals surface area contributed by atoms with E-state index in [1.165, 1.54) is 36.1 Å². The topological polar surface area (TPSA) is 25.2 Å². The largest absolute Gasteiger partial charge is 0.466 e. The average molecular weight is 303 g/mol. The molecule has 0 aliphatic heterocycles. The van der Waals surface area contributed by atoms with Crippen LogP contribution in [-0.2, 0) is 12.8 Å². The highest BCUT2D eigenvalue weighted by molar-refractivity contribution is 7.12. The third-order valence-electron chi connectivity index (χ3n) is 4.29. The molecule has 114 valence electrons. The molecule has 0 radical (unpaired) electrons. The van der Waals surface area contributed by atoms with Crippen LogP contribution in [0, 0.1) is 13.8 Å². The molecule has 1 aliphatic rings. The van der Waals surface area contributed by atoms with E-state index in [4.69, 9.17) is 4.42 Å². The highest BCUT2D eigenvalue weighted by atomic mass is 32.1. The van der Waals surface area contributed by atoms with E-state index in [-0.39, 0.29) is 6.04 Å². The molecule has 0 saturated heterocycles. The Kier molecular flexibility index (Phi) is 4.51. The highest BCUT2D eigenvalue weighted by Crippen LogP contribution is 2.36. The van der Waals surface area contributed by atoms with Gasteiger partial charge in [-0.3, -0.25) is 0 Å². The van der Waals surface area contributed by atoms with E-state index in [1.54, 1.807) is 10.4 Å². The number of hydrogen-bond acceptors (Lipinski definition) is 3. The Bertz CT molecular complexity index is 587. The van der Waals surface area contributed by atoms with Crippen LogP contribution in [0.15, 0.2) is 16.5 Å². The van der Waals surface area contributed by atoms with E-state index < -0.39 is 0 Å². The van der Waals surface area contributed by atoms with Crippen molar-refractivity contribution in [2.45, 2.75) is 58.9 Å². The summed E-state index contributed by atoms with van der Waals surface area (Å²) in [4.78, 5) is 3.07. The summed E-state index contributed by atoms with van der Waals surface area (Å²) in [5.74, 6) is 2.06. The lowest BCUT2D eigenvalue weighted by atomic mass is 9.98. The number of nitrogens with one attached hydrogen (secondary N) is 1. The van der Waals surface area contributed by atoms with Gasteiger partial charge in [0.1, 0.15) is 11.5 Å². The smallest absolute Gasteiger partial charge is 0.106 e. The predicted octanol–water partition coefficient (Wildman–Crippen LogP) is 4.93. The van der Waals surface area contributed by atoms with Crippen molar-refractivity contribution < 1.29 is 4.42 Å². The van der Waals surface area contributed by atoms with Crippen LogP contribution in [0.25, 0.3) is 0 Å². The van der Waals surface area contributed by atoms with Crippen LogP contribution in [0.3, 0.4) is 0 Å². The van der Waals surface area contributed by atoms with Crippen LogP contribution in [0.4, 0.5) is 0 Å². The van der Waals surface area contributed by atoms with Crippen LogP contribution < -0.4 is 5.32 Å². The van der Waals surface area contributed by atoms with Crippen LogP contribution in [0.2, 0.25) is 0 Å². The van der Waals surface area contributed by atoms with Gasteiger partial charge in [-0.2, -0.15) is 0 Å². The summed E-state index contributed by atoms with van der Waals surface area (Å²) >= 11 is 2.00. The normalized spacial score (nSPS) is 16.0. The molecule has 3 heteroatoms. The first-order chi connectivity index (χ1) is 10.2. The standard InChI is InChI=1S/C18H25NOS/c1-4-9-19-18(15-10-12(2)20-13(15)3)17-11-14-7-5-6-8-16(14)21-17/h10-11,18-19H,4-9H2,1-3H3. The summed E-state index contributed by atoms with van der Waals surface area (Å²) in [7, 11) is 0. The van der Waals surface area contributed by atoms with E-state index in [2.05, 4.69) is 31.3 Å². The molecular weight excluding hydrogens is 278 g/mol. The lowest BCUT2D eigenvalue weighted by molar-refractivity contribution is 0.494. The molecule has 0 aromatic carbocycles. The van der Waals surface area contributed by atoms with E-state index in [9.17, 15) is 0 Å². The number of thiophene rings is 1. The van der Waals surface area contributed by atoms with Gasteiger partial charge in [-0.25, -0.2) is 0 Å². The molecule has 2 nitrogen and oxygen atoms in total. The summed E-state index contributed by atoms with van der Waals surface area (Å²) < 4.78 is 5.76. The number of fused-ring (bicyclic) bond motifs is 1. The van der Waals surface area contributed by atoms with Crippen molar-refractivity contribution in [3.05, 3.63) is 44.5 Å². The van der Waals surface area contributed by atoms with E-state index in [0.29, 0.717) is 0 Å².